The monoisotopic (exact) mass is 407 g/mol. The van der Waals surface area contributed by atoms with Gasteiger partial charge in [0.2, 0.25) is 0 Å². The maximum Gasteiger partial charge on any atom is 0.0180 e. The van der Waals surface area contributed by atoms with Crippen LogP contribution in [0.2, 0.25) is 0 Å². The first-order valence-corrected chi connectivity index (χ1v) is 9.10. The number of halogens is 3. The summed E-state index contributed by atoms with van der Waals surface area (Å²) >= 11 is 0. The molecule has 3 nitrogen and oxygen atoms in total. The second-order valence-corrected chi connectivity index (χ2v) is 7.58. The predicted molar refractivity (Wildman–Crippen MR) is 113 cm³/mol. The smallest absolute Gasteiger partial charge is 0.0180 e. The summed E-state index contributed by atoms with van der Waals surface area (Å²) in [6.07, 6.45) is 7.91. The first-order chi connectivity index (χ1) is 10.8. The van der Waals surface area contributed by atoms with Gasteiger partial charge < -0.3 is 11.1 Å². The summed E-state index contributed by atoms with van der Waals surface area (Å²) in [5.74, 6) is 0.760. The van der Waals surface area contributed by atoms with E-state index >= 15 is 0 Å². The highest BCUT2D eigenvalue weighted by atomic mass is 35.5. The van der Waals surface area contributed by atoms with E-state index in [2.05, 4.69) is 40.5 Å². The number of nitrogens with one attached hydrogen (secondary N) is 1. The molecule has 3 atom stereocenters. The van der Waals surface area contributed by atoms with E-state index in [9.17, 15) is 0 Å². The predicted octanol–water partition coefficient (Wildman–Crippen LogP) is 3.74. The molecule has 3 fully saturated rings. The lowest BCUT2D eigenvalue weighted by atomic mass is 9.90. The number of benzene rings is 1. The lowest BCUT2D eigenvalue weighted by Crippen LogP contribution is -2.43. The normalized spacial score (nSPS) is 34.4. The molecule has 1 heterocycles. The number of likely N-dealkylation sites (tertiary alicyclic amines) is 1. The molecule has 1 aromatic carbocycles. The summed E-state index contributed by atoms with van der Waals surface area (Å²) in [4.78, 5) is 2.64. The van der Waals surface area contributed by atoms with Crippen molar-refractivity contribution < 1.29 is 0 Å². The topological polar surface area (TPSA) is 41.3 Å². The molecule has 0 amide bonds. The molecule has 2 aliphatic carbocycles. The first kappa shape index (κ1) is 23.0. The zero-order valence-electron chi connectivity index (χ0n) is 14.7. The molecule has 3 N–H and O–H groups in total. The summed E-state index contributed by atoms with van der Waals surface area (Å²) in [6.45, 7) is 2.35. The summed E-state index contributed by atoms with van der Waals surface area (Å²) in [5, 5.41) is 3.92. The van der Waals surface area contributed by atoms with Crippen molar-refractivity contribution in [2.75, 3.05) is 13.1 Å². The van der Waals surface area contributed by atoms with E-state index < -0.39 is 0 Å². The Morgan fingerprint density at radius 1 is 0.920 bits per heavy atom. The molecular weight excluding hydrogens is 377 g/mol. The molecule has 6 heteroatoms. The van der Waals surface area contributed by atoms with E-state index in [4.69, 9.17) is 5.73 Å². The van der Waals surface area contributed by atoms with Crippen molar-refractivity contribution in [3.05, 3.63) is 35.9 Å². The van der Waals surface area contributed by atoms with E-state index in [1.165, 1.54) is 50.6 Å². The van der Waals surface area contributed by atoms with Crippen LogP contribution in [0, 0.1) is 0 Å². The Morgan fingerprint density at radius 2 is 1.60 bits per heavy atom. The maximum absolute atomic E-state index is 6.05. The van der Waals surface area contributed by atoms with Crippen LogP contribution in [0.15, 0.2) is 30.3 Å². The van der Waals surface area contributed by atoms with Crippen LogP contribution < -0.4 is 11.1 Å². The van der Waals surface area contributed by atoms with Gasteiger partial charge in [0, 0.05) is 43.2 Å². The molecule has 0 radical (unpaired) electrons. The van der Waals surface area contributed by atoms with Crippen molar-refractivity contribution in [2.24, 2.45) is 5.73 Å². The molecule has 0 aromatic heterocycles. The van der Waals surface area contributed by atoms with E-state index in [-0.39, 0.29) is 37.2 Å². The SMILES string of the molecule is Cl.Cl.Cl.N[C@@H]1CCN(C2CCC(NC3CC3c3ccccc3)CC2)C1. The van der Waals surface area contributed by atoms with Gasteiger partial charge in [0.15, 0.2) is 0 Å². The highest BCUT2D eigenvalue weighted by molar-refractivity contribution is 5.86. The minimum Gasteiger partial charge on any atom is -0.326 e. The lowest BCUT2D eigenvalue weighted by Gasteiger charge is -2.35. The molecule has 144 valence electrons. The van der Waals surface area contributed by atoms with Gasteiger partial charge in [0.1, 0.15) is 0 Å². The zero-order chi connectivity index (χ0) is 14.9. The first-order valence-electron chi connectivity index (χ1n) is 9.10. The van der Waals surface area contributed by atoms with Crippen LogP contribution in [0.1, 0.15) is 50.0 Å². The fourth-order valence-electron chi connectivity index (χ4n) is 4.51. The number of hydrogen-bond acceptors (Lipinski definition) is 3. The third-order valence-electron chi connectivity index (χ3n) is 5.94. The molecular formula is C19H32Cl3N3. The average Bonchev–Trinajstić information content (AvgIpc) is 3.19. The summed E-state index contributed by atoms with van der Waals surface area (Å²) in [7, 11) is 0. The Bertz CT molecular complexity index is 494. The Balaban J connectivity index is 0.00000104. The van der Waals surface area contributed by atoms with E-state index in [1.54, 1.807) is 0 Å². The standard InChI is InChI=1S/C19H29N3.3ClH/c20-15-10-11-22(13-15)17-8-6-16(7-9-17)21-19-12-18(19)14-4-2-1-3-5-14;;;/h1-5,15-19,21H,6-13,20H2;3*1H/t15-,16?,17?,18?,19?;;;/m1.../s1. The van der Waals surface area contributed by atoms with Crippen molar-refractivity contribution in [3.63, 3.8) is 0 Å². The number of hydrogen-bond donors (Lipinski definition) is 2. The highest BCUT2D eigenvalue weighted by Crippen LogP contribution is 2.41. The van der Waals surface area contributed by atoms with Gasteiger partial charge in [-0.2, -0.15) is 0 Å². The van der Waals surface area contributed by atoms with Crippen LogP contribution in [0.4, 0.5) is 0 Å². The van der Waals surface area contributed by atoms with E-state index in [1.807, 2.05) is 0 Å². The summed E-state index contributed by atoms with van der Waals surface area (Å²) in [6, 6.07) is 13.7. The van der Waals surface area contributed by atoms with Gasteiger partial charge in [0.05, 0.1) is 0 Å². The third kappa shape index (κ3) is 5.72. The summed E-state index contributed by atoms with van der Waals surface area (Å²) in [5.41, 5.74) is 7.56. The molecule has 0 spiro atoms. The van der Waals surface area contributed by atoms with Crippen molar-refractivity contribution in [2.45, 2.75) is 68.6 Å². The van der Waals surface area contributed by atoms with Gasteiger partial charge in [-0.15, -0.1) is 37.2 Å². The number of nitrogens with zero attached hydrogens (tertiary/aromatic N) is 1. The fraction of sp³-hybridized carbons (Fsp3) is 0.684. The van der Waals surface area contributed by atoms with Crippen LogP contribution in [-0.2, 0) is 0 Å². The van der Waals surface area contributed by atoms with Gasteiger partial charge in [-0.1, -0.05) is 30.3 Å². The largest absolute Gasteiger partial charge is 0.326 e. The van der Waals surface area contributed by atoms with Crippen molar-refractivity contribution >= 4 is 37.2 Å². The molecule has 4 rings (SSSR count). The fourth-order valence-corrected chi connectivity index (χ4v) is 4.51. The van der Waals surface area contributed by atoms with E-state index in [0.717, 1.165) is 30.6 Å². The molecule has 3 aliphatic rings. The van der Waals surface area contributed by atoms with Gasteiger partial charge in [-0.25, -0.2) is 0 Å². The second-order valence-electron chi connectivity index (χ2n) is 7.58. The lowest BCUT2D eigenvalue weighted by molar-refractivity contribution is 0.171. The van der Waals surface area contributed by atoms with Crippen LogP contribution in [0.3, 0.4) is 0 Å². The van der Waals surface area contributed by atoms with Crippen molar-refractivity contribution in [1.82, 2.24) is 10.2 Å². The Morgan fingerprint density at radius 3 is 2.20 bits per heavy atom. The molecule has 1 aromatic rings. The molecule has 2 saturated carbocycles. The second kappa shape index (κ2) is 10.3. The minimum atomic E-state index is 0. The number of rotatable bonds is 4. The summed E-state index contributed by atoms with van der Waals surface area (Å²) < 4.78 is 0. The Kier molecular flexibility index (Phi) is 9.52. The van der Waals surface area contributed by atoms with Crippen LogP contribution >= 0.6 is 37.2 Å². The molecule has 1 saturated heterocycles. The Labute approximate surface area is 170 Å². The molecule has 25 heavy (non-hydrogen) atoms. The van der Waals surface area contributed by atoms with Gasteiger partial charge in [-0.3, -0.25) is 4.90 Å². The zero-order valence-corrected chi connectivity index (χ0v) is 17.1. The maximum atomic E-state index is 6.05. The molecule has 2 unspecified atom stereocenters. The molecule has 1 aliphatic heterocycles. The Hall–Kier alpha value is -0.0300. The highest BCUT2D eigenvalue weighted by Gasteiger charge is 2.40. The van der Waals surface area contributed by atoms with Crippen LogP contribution in [0.25, 0.3) is 0 Å². The average molecular weight is 409 g/mol. The number of nitrogens with two attached hydrogens (primary N) is 1. The van der Waals surface area contributed by atoms with Crippen LogP contribution in [0.5, 0.6) is 0 Å². The van der Waals surface area contributed by atoms with Crippen molar-refractivity contribution in [1.29, 1.82) is 0 Å². The van der Waals surface area contributed by atoms with Gasteiger partial charge >= 0.3 is 0 Å². The van der Waals surface area contributed by atoms with Crippen LogP contribution in [-0.4, -0.2) is 42.2 Å². The third-order valence-corrected chi connectivity index (χ3v) is 5.94. The van der Waals surface area contributed by atoms with Crippen molar-refractivity contribution in [3.8, 4) is 0 Å². The quantitative estimate of drug-likeness (QED) is 0.797. The van der Waals surface area contributed by atoms with Gasteiger partial charge in [0.25, 0.3) is 0 Å². The minimum absolute atomic E-state index is 0. The van der Waals surface area contributed by atoms with Gasteiger partial charge in [-0.05, 0) is 44.1 Å². The van der Waals surface area contributed by atoms with E-state index in [0.29, 0.717) is 6.04 Å². The molecule has 0 bridgehead atoms.